The number of nitriles is 1. The number of aliphatic hydroxyl groups excluding tert-OH is 1. The first-order valence-electron chi connectivity index (χ1n) is 8.14. The van der Waals surface area contributed by atoms with E-state index in [1.54, 1.807) is 0 Å². The Hall–Kier alpha value is -1.53. The van der Waals surface area contributed by atoms with Crippen LogP contribution in [0, 0.1) is 17.2 Å². The Bertz CT molecular complexity index is 731. The average Bonchev–Trinajstić information content (AvgIpc) is 2.79. The molecule has 1 aromatic carbocycles. The minimum absolute atomic E-state index is 0.0614. The highest BCUT2D eigenvalue weighted by Crippen LogP contribution is 2.52. The van der Waals surface area contributed by atoms with Crippen molar-refractivity contribution in [1.82, 2.24) is 0 Å². The molecule has 0 saturated heterocycles. The van der Waals surface area contributed by atoms with Gasteiger partial charge in [-0.25, -0.2) is 8.78 Å². The van der Waals surface area contributed by atoms with Crippen molar-refractivity contribution in [3.05, 3.63) is 23.3 Å². The van der Waals surface area contributed by atoms with E-state index in [4.69, 9.17) is 10.00 Å². The fraction of sp³-hybridized carbons (Fsp3) is 0.588. The van der Waals surface area contributed by atoms with Gasteiger partial charge in [0.1, 0.15) is 11.9 Å². The van der Waals surface area contributed by atoms with Crippen molar-refractivity contribution in [3.63, 3.8) is 0 Å². The summed E-state index contributed by atoms with van der Waals surface area (Å²) in [5.41, 5.74) is -5.16. The molecule has 2 aliphatic carbocycles. The van der Waals surface area contributed by atoms with E-state index < -0.39 is 46.2 Å². The van der Waals surface area contributed by atoms with Crippen LogP contribution in [0.3, 0.4) is 0 Å². The number of fused-ring (bicyclic) bond motifs is 1. The summed E-state index contributed by atoms with van der Waals surface area (Å²) in [4.78, 5) is -0.442. The molecular weight excluding hydrogens is 377 g/mol. The number of thioether (sulfide) groups is 1. The van der Waals surface area contributed by atoms with E-state index in [9.17, 15) is 27.1 Å². The maximum absolute atomic E-state index is 14.0. The minimum atomic E-state index is -4.66. The smallest absolute Gasteiger partial charge is 0.446 e. The Labute approximate surface area is 151 Å². The predicted octanol–water partition coefficient (Wildman–Crippen LogP) is 4.98. The van der Waals surface area contributed by atoms with E-state index in [-0.39, 0.29) is 23.3 Å². The highest BCUT2D eigenvalue weighted by Gasteiger charge is 2.50. The van der Waals surface area contributed by atoms with E-state index in [2.05, 4.69) is 6.07 Å². The minimum Gasteiger partial charge on any atom is -0.490 e. The van der Waals surface area contributed by atoms with Crippen molar-refractivity contribution in [2.45, 2.75) is 60.6 Å². The van der Waals surface area contributed by atoms with Gasteiger partial charge in [0.05, 0.1) is 12.2 Å². The third-order valence-corrected chi connectivity index (χ3v) is 5.50. The maximum Gasteiger partial charge on any atom is 0.446 e. The second-order valence-electron chi connectivity index (χ2n) is 6.57. The van der Waals surface area contributed by atoms with E-state index >= 15 is 0 Å². The van der Waals surface area contributed by atoms with Gasteiger partial charge in [0.25, 0.3) is 5.92 Å². The molecule has 1 fully saturated rings. The summed E-state index contributed by atoms with van der Waals surface area (Å²) in [7, 11) is 0. The van der Waals surface area contributed by atoms with Crippen LogP contribution in [0.4, 0.5) is 22.0 Å². The summed E-state index contributed by atoms with van der Waals surface area (Å²) in [6, 6.07) is 4.46. The Morgan fingerprint density at radius 1 is 1.27 bits per heavy atom. The monoisotopic (exact) mass is 393 g/mol. The Morgan fingerprint density at radius 3 is 2.65 bits per heavy atom. The number of benzene rings is 1. The number of ether oxygens (including phenoxy) is 1. The maximum atomic E-state index is 14.0. The van der Waals surface area contributed by atoms with Crippen molar-refractivity contribution in [3.8, 4) is 11.8 Å². The van der Waals surface area contributed by atoms with Gasteiger partial charge in [-0.3, -0.25) is 0 Å². The molecule has 3 nitrogen and oxygen atoms in total. The number of rotatable bonds is 3. The van der Waals surface area contributed by atoms with Crippen molar-refractivity contribution in [1.29, 1.82) is 5.26 Å². The molecule has 0 spiro atoms. The fourth-order valence-electron chi connectivity index (χ4n) is 3.52. The molecule has 0 aromatic heterocycles. The van der Waals surface area contributed by atoms with Gasteiger partial charge in [0.15, 0.2) is 0 Å². The standard InChI is InChI=1S/C17H16F5NO2S/c18-16(19)7-11-12(25-10-3-1-2-9(6-10)8-23)4-5-13(14(11)15(16)24)26-17(20,21)22/h4-5,9-10,15,24H,1-3,6-7H2. The Morgan fingerprint density at radius 2 is 2.00 bits per heavy atom. The molecule has 3 atom stereocenters. The predicted molar refractivity (Wildman–Crippen MR) is 84.0 cm³/mol. The highest BCUT2D eigenvalue weighted by molar-refractivity contribution is 8.00. The topological polar surface area (TPSA) is 53.2 Å². The summed E-state index contributed by atoms with van der Waals surface area (Å²) in [5.74, 6) is -3.68. The van der Waals surface area contributed by atoms with E-state index in [1.165, 1.54) is 6.07 Å². The molecule has 142 valence electrons. The van der Waals surface area contributed by atoms with Crippen LogP contribution in [0.2, 0.25) is 0 Å². The van der Waals surface area contributed by atoms with Gasteiger partial charge < -0.3 is 9.84 Å². The van der Waals surface area contributed by atoms with Gasteiger partial charge in [-0.2, -0.15) is 18.4 Å². The van der Waals surface area contributed by atoms with Crippen LogP contribution in [0.15, 0.2) is 17.0 Å². The van der Waals surface area contributed by atoms with Crippen molar-refractivity contribution >= 4 is 11.8 Å². The zero-order valence-corrected chi connectivity index (χ0v) is 14.3. The Balaban J connectivity index is 1.92. The van der Waals surface area contributed by atoms with Crippen LogP contribution in [-0.4, -0.2) is 22.6 Å². The summed E-state index contributed by atoms with van der Waals surface area (Å²) in [5, 5.41) is 18.9. The van der Waals surface area contributed by atoms with Gasteiger partial charge in [0.2, 0.25) is 0 Å². The molecule has 0 amide bonds. The molecule has 1 aromatic rings. The molecule has 0 aliphatic heterocycles. The molecule has 0 bridgehead atoms. The number of alkyl halides is 5. The fourth-order valence-corrected chi connectivity index (χ4v) is 4.25. The number of nitrogens with zero attached hydrogens (tertiary/aromatic N) is 1. The van der Waals surface area contributed by atoms with E-state index in [0.717, 1.165) is 18.9 Å². The van der Waals surface area contributed by atoms with Gasteiger partial charge in [0, 0.05) is 34.8 Å². The van der Waals surface area contributed by atoms with Crippen molar-refractivity contribution in [2.24, 2.45) is 5.92 Å². The molecule has 0 heterocycles. The second kappa shape index (κ2) is 6.89. The van der Waals surface area contributed by atoms with E-state index in [0.29, 0.717) is 12.8 Å². The summed E-state index contributed by atoms with van der Waals surface area (Å²) in [6.45, 7) is 0. The van der Waals surface area contributed by atoms with E-state index in [1.807, 2.05) is 0 Å². The second-order valence-corrected chi connectivity index (χ2v) is 7.68. The molecular formula is C17H16F5NO2S. The molecule has 26 heavy (non-hydrogen) atoms. The normalized spacial score (nSPS) is 27.7. The molecule has 1 N–H and O–H groups in total. The van der Waals surface area contributed by atoms with Gasteiger partial charge >= 0.3 is 5.51 Å². The van der Waals surface area contributed by atoms with Crippen LogP contribution in [0.5, 0.6) is 5.75 Å². The zero-order chi connectivity index (χ0) is 19.1. The number of hydrogen-bond donors (Lipinski definition) is 1. The zero-order valence-electron chi connectivity index (χ0n) is 13.5. The lowest BCUT2D eigenvalue weighted by Gasteiger charge is -2.27. The molecule has 3 rings (SSSR count). The molecule has 0 radical (unpaired) electrons. The molecule has 1 saturated carbocycles. The third kappa shape index (κ3) is 3.91. The lowest BCUT2D eigenvalue weighted by molar-refractivity contribution is -0.0977. The first-order valence-corrected chi connectivity index (χ1v) is 8.96. The van der Waals surface area contributed by atoms with Crippen LogP contribution in [-0.2, 0) is 6.42 Å². The SMILES string of the molecule is N#CC1CCCC(Oc2ccc(SC(F)(F)F)c3c2CC(F)(F)C3O)C1. The molecule has 2 aliphatic rings. The van der Waals surface area contributed by atoms with Gasteiger partial charge in [-0.05, 0) is 43.2 Å². The summed E-state index contributed by atoms with van der Waals surface area (Å²) in [6.07, 6.45) is -0.944. The molecule has 3 unspecified atom stereocenters. The quantitative estimate of drug-likeness (QED) is 0.581. The number of aliphatic hydroxyl groups is 1. The van der Waals surface area contributed by atoms with Crippen LogP contribution < -0.4 is 4.74 Å². The van der Waals surface area contributed by atoms with Crippen LogP contribution in [0.1, 0.15) is 42.9 Å². The summed E-state index contributed by atoms with van der Waals surface area (Å²) >= 11 is -0.523. The third-order valence-electron chi connectivity index (χ3n) is 4.69. The molecule has 9 heteroatoms. The number of halogens is 5. The average molecular weight is 393 g/mol. The largest absolute Gasteiger partial charge is 0.490 e. The first kappa shape index (κ1) is 19.2. The first-order chi connectivity index (χ1) is 12.1. The van der Waals surface area contributed by atoms with Gasteiger partial charge in [-0.15, -0.1) is 0 Å². The Kier molecular flexibility index (Phi) is 5.10. The lowest BCUT2D eigenvalue weighted by atomic mass is 9.88. The van der Waals surface area contributed by atoms with Crippen LogP contribution in [0.25, 0.3) is 0 Å². The number of hydrogen-bond acceptors (Lipinski definition) is 4. The van der Waals surface area contributed by atoms with Crippen molar-refractivity contribution < 1.29 is 31.8 Å². The van der Waals surface area contributed by atoms with Gasteiger partial charge in [-0.1, -0.05) is 0 Å². The van der Waals surface area contributed by atoms with Crippen molar-refractivity contribution in [2.75, 3.05) is 0 Å². The lowest BCUT2D eigenvalue weighted by Crippen LogP contribution is -2.25. The highest BCUT2D eigenvalue weighted by atomic mass is 32.2. The van der Waals surface area contributed by atoms with Crippen LogP contribution >= 0.6 is 11.8 Å². The summed E-state index contributed by atoms with van der Waals surface area (Å²) < 4.78 is 71.9.